The highest BCUT2D eigenvalue weighted by molar-refractivity contribution is 7.89. The first-order chi connectivity index (χ1) is 15.4. The van der Waals surface area contributed by atoms with Crippen LogP contribution in [0.15, 0.2) is 48.5 Å². The fourth-order valence-corrected chi connectivity index (χ4v) is 6.78. The fraction of sp³-hybridized carbons (Fsp3) is 0.435. The van der Waals surface area contributed by atoms with Crippen LogP contribution in [-0.4, -0.2) is 68.4 Å². The van der Waals surface area contributed by atoms with Gasteiger partial charge in [-0.25, -0.2) is 13.2 Å². The Morgan fingerprint density at radius 3 is 2.03 bits per heavy atom. The molecule has 1 saturated carbocycles. The van der Waals surface area contributed by atoms with Crippen molar-refractivity contribution in [1.82, 2.24) is 4.31 Å². The lowest BCUT2D eigenvalue weighted by molar-refractivity contribution is 0.201. The number of fused-ring (bicyclic) bond motifs is 1. The molecule has 0 unspecified atom stereocenters. The summed E-state index contributed by atoms with van der Waals surface area (Å²) in [6.07, 6.45) is 1.68. The zero-order valence-corrected chi connectivity index (χ0v) is 18.7. The van der Waals surface area contributed by atoms with E-state index in [9.17, 15) is 18.3 Å². The molecule has 2 fully saturated rings. The van der Waals surface area contributed by atoms with E-state index in [0.717, 1.165) is 36.3 Å². The van der Waals surface area contributed by atoms with Gasteiger partial charge in [0.25, 0.3) is 0 Å². The average Bonchev–Trinajstić information content (AvgIpc) is 2.77. The van der Waals surface area contributed by atoms with Gasteiger partial charge in [-0.2, -0.15) is 4.31 Å². The van der Waals surface area contributed by atoms with Crippen LogP contribution in [0.2, 0.25) is 0 Å². The van der Waals surface area contributed by atoms with E-state index in [2.05, 4.69) is 34.1 Å². The van der Waals surface area contributed by atoms with E-state index >= 15 is 0 Å². The Bertz CT molecular complexity index is 1090. The molecule has 1 N–H and O–H groups in total. The van der Waals surface area contributed by atoms with Crippen molar-refractivity contribution in [3.05, 3.63) is 48.5 Å². The largest absolute Gasteiger partial charge is 0.465 e. The Morgan fingerprint density at radius 1 is 0.812 bits per heavy atom. The number of nitrogens with zero attached hydrogens (tertiary/aromatic N) is 4. The standard InChI is InChI=1S/C23H28N4O4S/c28-23(29)27-17-16-26(21-6-1-2-7-22(21)27)19-10-8-18(9-11-19)24-12-14-25(15-13-24)32(30,31)20-4-3-5-20/h1-2,6-11,20H,3-5,12-17H2,(H,28,29). The van der Waals surface area contributed by atoms with E-state index in [1.807, 2.05) is 24.3 Å². The van der Waals surface area contributed by atoms with Crippen molar-refractivity contribution in [3.63, 3.8) is 0 Å². The van der Waals surface area contributed by atoms with E-state index in [4.69, 9.17) is 0 Å². The predicted octanol–water partition coefficient (Wildman–Crippen LogP) is 3.33. The zero-order valence-electron chi connectivity index (χ0n) is 17.9. The molecule has 2 aliphatic heterocycles. The number of benzene rings is 2. The number of rotatable bonds is 4. The lowest BCUT2D eigenvalue weighted by Gasteiger charge is -2.39. The van der Waals surface area contributed by atoms with E-state index in [0.29, 0.717) is 45.0 Å². The molecule has 5 rings (SSSR count). The SMILES string of the molecule is O=C(O)N1CCN(c2ccc(N3CCN(S(=O)(=O)C4CCC4)CC3)cc2)c2ccccc21. The number of hydrogen-bond donors (Lipinski definition) is 1. The average molecular weight is 457 g/mol. The number of amides is 1. The quantitative estimate of drug-likeness (QED) is 0.760. The summed E-state index contributed by atoms with van der Waals surface area (Å²) in [6, 6.07) is 15.8. The fourth-order valence-electron chi connectivity index (χ4n) is 4.75. The Morgan fingerprint density at radius 2 is 1.44 bits per heavy atom. The van der Waals surface area contributed by atoms with E-state index in [-0.39, 0.29) is 5.25 Å². The lowest BCUT2D eigenvalue weighted by Crippen LogP contribution is -2.52. The second-order valence-electron chi connectivity index (χ2n) is 8.57. The summed E-state index contributed by atoms with van der Waals surface area (Å²) in [5.41, 5.74) is 3.66. The van der Waals surface area contributed by atoms with Gasteiger partial charge in [0.1, 0.15) is 0 Å². The second kappa shape index (κ2) is 8.29. The summed E-state index contributed by atoms with van der Waals surface area (Å²) in [7, 11) is -3.14. The van der Waals surface area contributed by atoms with Crippen LogP contribution in [0.5, 0.6) is 0 Å². The summed E-state index contributed by atoms with van der Waals surface area (Å²) in [4.78, 5) is 17.3. The number of sulfonamides is 1. The molecule has 1 aliphatic carbocycles. The minimum atomic E-state index is -3.14. The summed E-state index contributed by atoms with van der Waals surface area (Å²) in [5, 5.41) is 9.33. The molecule has 0 radical (unpaired) electrons. The molecular weight excluding hydrogens is 428 g/mol. The maximum Gasteiger partial charge on any atom is 0.411 e. The van der Waals surface area contributed by atoms with Crippen molar-refractivity contribution in [2.24, 2.45) is 0 Å². The van der Waals surface area contributed by atoms with Crippen LogP contribution in [0.3, 0.4) is 0 Å². The summed E-state index contributed by atoms with van der Waals surface area (Å²) < 4.78 is 27.0. The maximum absolute atomic E-state index is 12.7. The van der Waals surface area contributed by atoms with Gasteiger partial charge in [-0.05, 0) is 49.2 Å². The molecular formula is C23H28N4O4S. The van der Waals surface area contributed by atoms with Crippen molar-refractivity contribution in [3.8, 4) is 0 Å². The van der Waals surface area contributed by atoms with Gasteiger partial charge in [-0.3, -0.25) is 4.90 Å². The number of carbonyl (C=O) groups is 1. The lowest BCUT2D eigenvalue weighted by atomic mass is 10.0. The number of piperazine rings is 1. The van der Waals surface area contributed by atoms with Crippen molar-refractivity contribution in [1.29, 1.82) is 0 Å². The van der Waals surface area contributed by atoms with Gasteiger partial charge in [0, 0.05) is 50.6 Å². The first kappa shape index (κ1) is 21.1. The normalized spacial score (nSPS) is 20.1. The highest BCUT2D eigenvalue weighted by atomic mass is 32.2. The van der Waals surface area contributed by atoms with Crippen molar-refractivity contribution in [2.45, 2.75) is 24.5 Å². The third-order valence-electron chi connectivity index (χ3n) is 6.84. The van der Waals surface area contributed by atoms with Crippen molar-refractivity contribution < 1.29 is 18.3 Å². The second-order valence-corrected chi connectivity index (χ2v) is 10.8. The summed E-state index contributed by atoms with van der Waals surface area (Å²) in [6.45, 7) is 3.43. The van der Waals surface area contributed by atoms with Gasteiger partial charge < -0.3 is 14.9 Å². The molecule has 0 spiro atoms. The number of para-hydroxylation sites is 2. The number of anilines is 4. The van der Waals surface area contributed by atoms with Gasteiger partial charge in [-0.15, -0.1) is 0 Å². The third kappa shape index (κ3) is 3.69. The molecule has 9 heteroatoms. The Labute approximate surface area is 188 Å². The van der Waals surface area contributed by atoms with Crippen molar-refractivity contribution in [2.75, 3.05) is 54.0 Å². The predicted molar refractivity (Wildman–Crippen MR) is 126 cm³/mol. The molecule has 1 amide bonds. The van der Waals surface area contributed by atoms with Gasteiger partial charge >= 0.3 is 6.09 Å². The summed E-state index contributed by atoms with van der Waals surface area (Å²) in [5.74, 6) is 0. The van der Waals surface area contributed by atoms with E-state index in [1.165, 1.54) is 4.90 Å². The first-order valence-electron chi connectivity index (χ1n) is 11.2. The van der Waals surface area contributed by atoms with Gasteiger partial charge in [-0.1, -0.05) is 18.6 Å². The van der Waals surface area contributed by atoms with Crippen molar-refractivity contribution >= 4 is 38.9 Å². The van der Waals surface area contributed by atoms with Gasteiger partial charge in [0.2, 0.25) is 10.0 Å². The van der Waals surface area contributed by atoms with Crippen LogP contribution >= 0.6 is 0 Å². The molecule has 8 nitrogen and oxygen atoms in total. The van der Waals surface area contributed by atoms with Crippen LogP contribution in [0, 0.1) is 0 Å². The molecule has 1 saturated heterocycles. The zero-order chi connectivity index (χ0) is 22.3. The minimum absolute atomic E-state index is 0.169. The van der Waals surface area contributed by atoms with Crippen LogP contribution < -0.4 is 14.7 Å². The monoisotopic (exact) mass is 456 g/mol. The van der Waals surface area contributed by atoms with E-state index < -0.39 is 16.1 Å². The van der Waals surface area contributed by atoms with Crippen LogP contribution in [-0.2, 0) is 10.0 Å². The minimum Gasteiger partial charge on any atom is -0.465 e. The van der Waals surface area contributed by atoms with E-state index in [1.54, 1.807) is 4.31 Å². The van der Waals surface area contributed by atoms with Crippen LogP contribution in [0.4, 0.5) is 27.5 Å². The third-order valence-corrected chi connectivity index (χ3v) is 9.24. The topological polar surface area (TPSA) is 84.4 Å². The highest BCUT2D eigenvalue weighted by Gasteiger charge is 2.37. The smallest absolute Gasteiger partial charge is 0.411 e. The molecule has 2 aromatic rings. The Balaban J connectivity index is 1.28. The molecule has 0 bridgehead atoms. The number of hydrogen-bond acceptors (Lipinski definition) is 5. The van der Waals surface area contributed by atoms with Gasteiger partial charge in [0.15, 0.2) is 0 Å². The molecule has 32 heavy (non-hydrogen) atoms. The Hall–Kier alpha value is -2.78. The molecule has 2 heterocycles. The molecule has 2 aromatic carbocycles. The molecule has 170 valence electrons. The van der Waals surface area contributed by atoms with Crippen LogP contribution in [0.1, 0.15) is 19.3 Å². The molecule has 0 aromatic heterocycles. The molecule has 3 aliphatic rings. The number of carboxylic acid groups (broad SMARTS) is 1. The maximum atomic E-state index is 12.7. The van der Waals surface area contributed by atoms with Crippen LogP contribution in [0.25, 0.3) is 0 Å². The van der Waals surface area contributed by atoms with Gasteiger partial charge in [0.05, 0.1) is 16.6 Å². The summed E-state index contributed by atoms with van der Waals surface area (Å²) >= 11 is 0. The Kier molecular flexibility index (Phi) is 5.46. The molecule has 0 atom stereocenters. The highest BCUT2D eigenvalue weighted by Crippen LogP contribution is 2.38. The first-order valence-corrected chi connectivity index (χ1v) is 12.7.